The van der Waals surface area contributed by atoms with Gasteiger partial charge in [-0.1, -0.05) is 13.0 Å². The van der Waals surface area contributed by atoms with Crippen LogP contribution >= 0.6 is 0 Å². The van der Waals surface area contributed by atoms with Crippen LogP contribution in [0.25, 0.3) is 0 Å². The highest BCUT2D eigenvalue weighted by molar-refractivity contribution is 5.99. The number of piperidine rings is 1. The molecule has 2 rings (SSSR count). The fourth-order valence-corrected chi connectivity index (χ4v) is 2.68. The monoisotopic (exact) mass is 291 g/mol. The van der Waals surface area contributed by atoms with Crippen LogP contribution in [0.1, 0.15) is 42.1 Å². The van der Waals surface area contributed by atoms with Gasteiger partial charge in [-0.3, -0.25) is 10.6 Å². The molecule has 1 aliphatic heterocycles. The van der Waals surface area contributed by atoms with Gasteiger partial charge in [0.2, 0.25) is 0 Å². The third-order valence-corrected chi connectivity index (χ3v) is 3.78. The number of amides is 1. The third-order valence-electron chi connectivity index (χ3n) is 3.78. The van der Waals surface area contributed by atoms with E-state index in [4.69, 9.17) is 10.6 Å². The second-order valence-corrected chi connectivity index (χ2v) is 5.58. The first-order valence-corrected chi connectivity index (χ1v) is 7.63. The van der Waals surface area contributed by atoms with Crippen LogP contribution in [0.5, 0.6) is 0 Å². The fourth-order valence-electron chi connectivity index (χ4n) is 2.68. The van der Waals surface area contributed by atoms with Crippen molar-refractivity contribution in [1.29, 1.82) is 0 Å². The summed E-state index contributed by atoms with van der Waals surface area (Å²) in [5, 5.41) is 0. The molecular weight excluding hydrogens is 266 g/mol. The molecule has 1 atom stereocenters. The fraction of sp³-hybridized carbons (Fsp3) is 0.562. The largest absolute Gasteiger partial charge is 0.376 e. The van der Waals surface area contributed by atoms with Gasteiger partial charge in [-0.05, 0) is 43.9 Å². The number of anilines is 1. The summed E-state index contributed by atoms with van der Waals surface area (Å²) in [6.07, 6.45) is 3.17. The second kappa shape index (κ2) is 7.43. The molecule has 1 aromatic carbocycles. The van der Waals surface area contributed by atoms with Gasteiger partial charge < -0.3 is 15.1 Å². The standard InChI is InChI=1S/C16H25N3O2/c1-3-9-21-13-5-4-8-19(11-13)16(20)14-7-6-12(2)10-15(14)18-17/h6-7,10,13,18H,3-5,8-9,11,17H2,1-2H3. The van der Waals surface area contributed by atoms with Crippen LogP contribution in [0.2, 0.25) is 0 Å². The molecule has 5 nitrogen and oxygen atoms in total. The maximum Gasteiger partial charge on any atom is 0.256 e. The summed E-state index contributed by atoms with van der Waals surface area (Å²) in [5.41, 5.74) is 5.00. The Morgan fingerprint density at radius 2 is 2.33 bits per heavy atom. The molecule has 0 saturated carbocycles. The number of carbonyl (C=O) groups excluding carboxylic acids is 1. The van der Waals surface area contributed by atoms with Gasteiger partial charge in [0.15, 0.2) is 0 Å². The molecule has 1 fully saturated rings. The molecule has 1 unspecified atom stereocenters. The van der Waals surface area contributed by atoms with Crippen LogP contribution in [0.3, 0.4) is 0 Å². The molecule has 0 spiro atoms. The number of nitrogen functional groups attached to an aromatic ring is 1. The molecule has 1 amide bonds. The van der Waals surface area contributed by atoms with Gasteiger partial charge in [-0.25, -0.2) is 0 Å². The smallest absolute Gasteiger partial charge is 0.256 e. The molecule has 1 aromatic rings. The van der Waals surface area contributed by atoms with Crippen LogP contribution in [-0.4, -0.2) is 36.6 Å². The first-order chi connectivity index (χ1) is 10.2. The first-order valence-electron chi connectivity index (χ1n) is 7.63. The molecule has 5 heteroatoms. The van der Waals surface area contributed by atoms with Crippen LogP contribution in [0, 0.1) is 6.92 Å². The maximum atomic E-state index is 12.7. The van der Waals surface area contributed by atoms with Crippen molar-refractivity contribution in [2.75, 3.05) is 25.1 Å². The molecule has 3 N–H and O–H groups in total. The number of ether oxygens (including phenoxy) is 1. The zero-order valence-electron chi connectivity index (χ0n) is 12.9. The van der Waals surface area contributed by atoms with Gasteiger partial charge in [0, 0.05) is 19.7 Å². The molecule has 0 aromatic heterocycles. The first kappa shape index (κ1) is 15.8. The van der Waals surface area contributed by atoms with E-state index in [2.05, 4.69) is 12.3 Å². The number of hydrogen-bond acceptors (Lipinski definition) is 4. The van der Waals surface area contributed by atoms with E-state index in [0.717, 1.165) is 38.0 Å². The number of nitrogens with zero attached hydrogens (tertiary/aromatic N) is 1. The lowest BCUT2D eigenvalue weighted by molar-refractivity contribution is 0.00214. The van der Waals surface area contributed by atoms with Crippen molar-refractivity contribution < 1.29 is 9.53 Å². The lowest BCUT2D eigenvalue weighted by Crippen LogP contribution is -2.43. The van der Waals surface area contributed by atoms with E-state index in [-0.39, 0.29) is 12.0 Å². The third kappa shape index (κ3) is 3.95. The average molecular weight is 291 g/mol. The number of nitrogens with one attached hydrogen (secondary N) is 1. The summed E-state index contributed by atoms with van der Waals surface area (Å²) in [5.74, 6) is 5.56. The van der Waals surface area contributed by atoms with Gasteiger partial charge >= 0.3 is 0 Å². The Labute approximate surface area is 126 Å². The van der Waals surface area contributed by atoms with Crippen molar-refractivity contribution in [3.05, 3.63) is 29.3 Å². The molecule has 21 heavy (non-hydrogen) atoms. The van der Waals surface area contributed by atoms with Gasteiger partial charge in [0.25, 0.3) is 5.91 Å². The van der Waals surface area contributed by atoms with E-state index in [0.29, 0.717) is 17.8 Å². The summed E-state index contributed by atoms with van der Waals surface area (Å²) < 4.78 is 5.79. The predicted octanol–water partition coefficient (Wildman–Crippen LogP) is 2.31. The minimum Gasteiger partial charge on any atom is -0.376 e. The van der Waals surface area contributed by atoms with E-state index in [1.807, 2.05) is 30.0 Å². The lowest BCUT2D eigenvalue weighted by Gasteiger charge is -2.33. The van der Waals surface area contributed by atoms with E-state index in [9.17, 15) is 4.79 Å². The Bertz CT molecular complexity index is 490. The normalized spacial score (nSPS) is 18.6. The molecule has 1 heterocycles. The highest BCUT2D eigenvalue weighted by Crippen LogP contribution is 2.21. The Balaban J connectivity index is 2.08. The van der Waals surface area contributed by atoms with Crippen molar-refractivity contribution in [3.63, 3.8) is 0 Å². The number of benzene rings is 1. The summed E-state index contributed by atoms with van der Waals surface area (Å²) in [4.78, 5) is 14.6. The topological polar surface area (TPSA) is 67.6 Å². The van der Waals surface area contributed by atoms with Crippen molar-refractivity contribution >= 4 is 11.6 Å². The molecule has 116 valence electrons. The van der Waals surface area contributed by atoms with Crippen LogP contribution in [-0.2, 0) is 4.74 Å². The minimum atomic E-state index is 0.0211. The number of hydrogen-bond donors (Lipinski definition) is 2. The van der Waals surface area contributed by atoms with Gasteiger partial charge in [0.05, 0.1) is 17.4 Å². The van der Waals surface area contributed by atoms with E-state index in [1.165, 1.54) is 0 Å². The van der Waals surface area contributed by atoms with Crippen molar-refractivity contribution in [2.45, 2.75) is 39.2 Å². The zero-order valence-corrected chi connectivity index (χ0v) is 12.9. The quantitative estimate of drug-likeness (QED) is 0.645. The molecule has 0 bridgehead atoms. The number of carbonyl (C=O) groups is 1. The Morgan fingerprint density at radius 3 is 3.05 bits per heavy atom. The number of likely N-dealkylation sites (tertiary alicyclic amines) is 1. The maximum absolute atomic E-state index is 12.7. The Kier molecular flexibility index (Phi) is 5.59. The highest BCUT2D eigenvalue weighted by atomic mass is 16.5. The summed E-state index contributed by atoms with van der Waals surface area (Å²) in [6, 6.07) is 5.66. The van der Waals surface area contributed by atoms with Crippen molar-refractivity contribution in [2.24, 2.45) is 5.84 Å². The Morgan fingerprint density at radius 1 is 1.52 bits per heavy atom. The van der Waals surface area contributed by atoms with Crippen molar-refractivity contribution in [1.82, 2.24) is 4.90 Å². The Hall–Kier alpha value is -1.59. The molecule has 0 radical (unpaired) electrons. The SMILES string of the molecule is CCCOC1CCCN(C(=O)c2ccc(C)cc2NN)C1. The summed E-state index contributed by atoms with van der Waals surface area (Å²) >= 11 is 0. The van der Waals surface area contributed by atoms with Crippen molar-refractivity contribution in [3.8, 4) is 0 Å². The van der Waals surface area contributed by atoms with Gasteiger partial charge in [0.1, 0.15) is 0 Å². The summed E-state index contributed by atoms with van der Waals surface area (Å²) in [7, 11) is 0. The van der Waals surface area contributed by atoms with E-state index >= 15 is 0 Å². The van der Waals surface area contributed by atoms with Crippen LogP contribution in [0.15, 0.2) is 18.2 Å². The molecule has 1 saturated heterocycles. The number of hydrazine groups is 1. The number of rotatable bonds is 5. The van der Waals surface area contributed by atoms with Crippen LogP contribution in [0.4, 0.5) is 5.69 Å². The number of aryl methyl sites for hydroxylation is 1. The molecule has 0 aliphatic carbocycles. The van der Waals surface area contributed by atoms with E-state index in [1.54, 1.807) is 0 Å². The number of nitrogens with two attached hydrogens (primary N) is 1. The zero-order chi connectivity index (χ0) is 15.2. The molecular formula is C16H25N3O2. The average Bonchev–Trinajstić information content (AvgIpc) is 2.52. The van der Waals surface area contributed by atoms with Gasteiger partial charge in [-0.2, -0.15) is 0 Å². The van der Waals surface area contributed by atoms with E-state index < -0.39 is 0 Å². The predicted molar refractivity (Wildman–Crippen MR) is 84.2 cm³/mol. The van der Waals surface area contributed by atoms with Crippen LogP contribution < -0.4 is 11.3 Å². The molecule has 1 aliphatic rings. The highest BCUT2D eigenvalue weighted by Gasteiger charge is 2.26. The second-order valence-electron chi connectivity index (χ2n) is 5.58. The minimum absolute atomic E-state index is 0.0211. The lowest BCUT2D eigenvalue weighted by atomic mass is 10.0. The summed E-state index contributed by atoms with van der Waals surface area (Å²) in [6.45, 7) is 6.27. The van der Waals surface area contributed by atoms with Gasteiger partial charge in [-0.15, -0.1) is 0 Å².